The van der Waals surface area contributed by atoms with Crippen molar-refractivity contribution in [3.8, 4) is 11.3 Å². The fourth-order valence-electron chi connectivity index (χ4n) is 1.44. The molecule has 2 aromatic rings. The van der Waals surface area contributed by atoms with E-state index in [9.17, 15) is 0 Å². The van der Waals surface area contributed by atoms with E-state index in [2.05, 4.69) is 26.0 Å². The summed E-state index contributed by atoms with van der Waals surface area (Å²) in [6.45, 7) is 0.463. The minimum atomic E-state index is 0.463. The Labute approximate surface area is 96.3 Å². The molecular weight excluding hydrogens is 256 g/mol. The molecular formula is C10H11BrN4. The number of hydrogen-bond donors (Lipinski definition) is 1. The Kier molecular flexibility index (Phi) is 2.83. The lowest BCUT2D eigenvalue weighted by Gasteiger charge is -1.96. The van der Waals surface area contributed by atoms with Crippen LogP contribution in [0.4, 0.5) is 0 Å². The number of rotatable bonds is 2. The van der Waals surface area contributed by atoms with Crippen LogP contribution in [0.1, 0.15) is 5.69 Å². The Balaban J connectivity index is 2.55. The summed E-state index contributed by atoms with van der Waals surface area (Å²) in [5.41, 5.74) is 8.48. The van der Waals surface area contributed by atoms with Gasteiger partial charge in [0.1, 0.15) is 5.69 Å². The van der Waals surface area contributed by atoms with Gasteiger partial charge in [-0.05, 0) is 28.1 Å². The van der Waals surface area contributed by atoms with E-state index in [0.29, 0.717) is 6.54 Å². The highest BCUT2D eigenvalue weighted by atomic mass is 79.9. The van der Waals surface area contributed by atoms with E-state index in [0.717, 1.165) is 21.4 Å². The van der Waals surface area contributed by atoms with Gasteiger partial charge >= 0.3 is 0 Å². The zero-order valence-corrected chi connectivity index (χ0v) is 9.90. The Bertz CT molecular complexity index is 464. The molecule has 2 heterocycles. The van der Waals surface area contributed by atoms with Gasteiger partial charge < -0.3 is 5.73 Å². The van der Waals surface area contributed by atoms with Crippen molar-refractivity contribution in [3.05, 3.63) is 34.7 Å². The fourth-order valence-corrected chi connectivity index (χ4v) is 2.17. The first-order chi connectivity index (χ1) is 7.24. The number of nitrogens with zero attached hydrogens (tertiary/aromatic N) is 3. The van der Waals surface area contributed by atoms with Gasteiger partial charge in [0, 0.05) is 31.5 Å². The van der Waals surface area contributed by atoms with Crippen molar-refractivity contribution in [2.24, 2.45) is 12.8 Å². The van der Waals surface area contributed by atoms with Crippen LogP contribution in [0.15, 0.2) is 29.0 Å². The predicted molar refractivity (Wildman–Crippen MR) is 62.0 cm³/mol. The number of aryl methyl sites for hydroxylation is 1. The molecule has 5 heteroatoms. The van der Waals surface area contributed by atoms with Crippen molar-refractivity contribution < 1.29 is 0 Å². The van der Waals surface area contributed by atoms with Crippen molar-refractivity contribution in [2.75, 3.05) is 0 Å². The summed E-state index contributed by atoms with van der Waals surface area (Å²) in [6, 6.07) is 3.86. The first kappa shape index (κ1) is 10.3. The molecule has 0 atom stereocenters. The summed E-state index contributed by atoms with van der Waals surface area (Å²) in [5, 5.41) is 4.40. The van der Waals surface area contributed by atoms with E-state index < -0.39 is 0 Å². The molecule has 0 aliphatic rings. The van der Waals surface area contributed by atoms with Crippen LogP contribution in [-0.4, -0.2) is 14.8 Å². The molecule has 2 rings (SSSR count). The number of hydrogen-bond acceptors (Lipinski definition) is 3. The van der Waals surface area contributed by atoms with E-state index in [-0.39, 0.29) is 0 Å². The summed E-state index contributed by atoms with van der Waals surface area (Å²) in [6.07, 6.45) is 3.53. The van der Waals surface area contributed by atoms with Crippen LogP contribution >= 0.6 is 15.9 Å². The largest absolute Gasteiger partial charge is 0.325 e. The zero-order valence-electron chi connectivity index (χ0n) is 8.31. The van der Waals surface area contributed by atoms with Crippen molar-refractivity contribution in [1.29, 1.82) is 0 Å². The van der Waals surface area contributed by atoms with Gasteiger partial charge in [0.05, 0.1) is 10.2 Å². The lowest BCUT2D eigenvalue weighted by Crippen LogP contribution is -2.04. The number of aromatic nitrogens is 3. The van der Waals surface area contributed by atoms with Crippen molar-refractivity contribution >= 4 is 15.9 Å². The Morgan fingerprint density at radius 1 is 1.53 bits per heavy atom. The van der Waals surface area contributed by atoms with E-state index in [1.165, 1.54) is 0 Å². The second kappa shape index (κ2) is 4.12. The summed E-state index contributed by atoms with van der Waals surface area (Å²) >= 11 is 3.51. The Morgan fingerprint density at radius 3 is 2.87 bits per heavy atom. The molecule has 0 aliphatic carbocycles. The molecule has 4 nitrogen and oxygen atoms in total. The third kappa shape index (κ3) is 1.80. The fraction of sp³-hybridized carbons (Fsp3) is 0.200. The summed E-state index contributed by atoms with van der Waals surface area (Å²) < 4.78 is 2.73. The standard InChI is InChI=1S/C10H11BrN4/c1-15-8(5-12)9(11)10(14-15)7-3-2-4-13-6-7/h2-4,6H,5,12H2,1H3. The van der Waals surface area contributed by atoms with Crippen LogP contribution in [0.3, 0.4) is 0 Å². The average molecular weight is 267 g/mol. The Hall–Kier alpha value is -1.20. The topological polar surface area (TPSA) is 56.7 Å². The van der Waals surface area contributed by atoms with E-state index in [1.54, 1.807) is 17.1 Å². The molecule has 0 unspecified atom stereocenters. The predicted octanol–water partition coefficient (Wildman–Crippen LogP) is 1.70. The van der Waals surface area contributed by atoms with Crippen LogP contribution in [0.25, 0.3) is 11.3 Å². The van der Waals surface area contributed by atoms with Crippen LogP contribution in [0, 0.1) is 0 Å². The molecule has 0 saturated heterocycles. The van der Waals surface area contributed by atoms with Gasteiger partial charge in [-0.1, -0.05) is 0 Å². The smallest absolute Gasteiger partial charge is 0.108 e. The molecule has 0 radical (unpaired) electrons. The van der Waals surface area contributed by atoms with Gasteiger partial charge in [0.2, 0.25) is 0 Å². The van der Waals surface area contributed by atoms with Crippen molar-refractivity contribution in [3.63, 3.8) is 0 Å². The van der Waals surface area contributed by atoms with Crippen molar-refractivity contribution in [2.45, 2.75) is 6.54 Å². The van der Waals surface area contributed by atoms with Crippen LogP contribution in [-0.2, 0) is 13.6 Å². The highest BCUT2D eigenvalue weighted by Crippen LogP contribution is 2.29. The third-order valence-corrected chi connectivity index (χ3v) is 3.06. The van der Waals surface area contributed by atoms with E-state index in [1.807, 2.05) is 19.2 Å². The lowest BCUT2D eigenvalue weighted by atomic mass is 10.2. The summed E-state index contributed by atoms with van der Waals surface area (Å²) in [4.78, 5) is 4.07. The molecule has 0 spiro atoms. The highest BCUT2D eigenvalue weighted by molar-refractivity contribution is 9.10. The molecule has 0 aromatic carbocycles. The first-order valence-corrected chi connectivity index (χ1v) is 5.35. The minimum Gasteiger partial charge on any atom is -0.325 e. The van der Waals surface area contributed by atoms with Crippen molar-refractivity contribution in [1.82, 2.24) is 14.8 Å². The van der Waals surface area contributed by atoms with Gasteiger partial charge in [-0.15, -0.1) is 0 Å². The van der Waals surface area contributed by atoms with Gasteiger partial charge in [-0.25, -0.2) is 0 Å². The second-order valence-electron chi connectivity index (χ2n) is 3.18. The molecule has 0 saturated carbocycles. The average Bonchev–Trinajstić information content (AvgIpc) is 2.55. The Morgan fingerprint density at radius 2 is 2.33 bits per heavy atom. The zero-order chi connectivity index (χ0) is 10.8. The molecule has 2 N–H and O–H groups in total. The minimum absolute atomic E-state index is 0.463. The molecule has 0 fully saturated rings. The quantitative estimate of drug-likeness (QED) is 0.901. The summed E-state index contributed by atoms with van der Waals surface area (Å²) in [7, 11) is 1.88. The molecule has 78 valence electrons. The van der Waals surface area contributed by atoms with Gasteiger partial charge in [-0.3, -0.25) is 9.67 Å². The first-order valence-electron chi connectivity index (χ1n) is 4.56. The van der Waals surface area contributed by atoms with E-state index >= 15 is 0 Å². The molecule has 0 amide bonds. The van der Waals surface area contributed by atoms with Crippen LogP contribution in [0.5, 0.6) is 0 Å². The normalized spacial score (nSPS) is 10.6. The van der Waals surface area contributed by atoms with Gasteiger partial charge in [0.25, 0.3) is 0 Å². The maximum absolute atomic E-state index is 5.64. The van der Waals surface area contributed by atoms with Gasteiger partial charge in [-0.2, -0.15) is 5.10 Å². The second-order valence-corrected chi connectivity index (χ2v) is 3.97. The van der Waals surface area contributed by atoms with Crippen LogP contribution in [0.2, 0.25) is 0 Å². The third-order valence-electron chi connectivity index (χ3n) is 2.23. The molecule has 15 heavy (non-hydrogen) atoms. The number of pyridine rings is 1. The number of halogens is 1. The maximum Gasteiger partial charge on any atom is 0.108 e. The maximum atomic E-state index is 5.64. The number of nitrogens with two attached hydrogens (primary N) is 1. The van der Waals surface area contributed by atoms with E-state index in [4.69, 9.17) is 5.73 Å². The molecule has 0 aliphatic heterocycles. The van der Waals surface area contributed by atoms with Gasteiger partial charge in [0.15, 0.2) is 0 Å². The molecule has 0 bridgehead atoms. The monoisotopic (exact) mass is 266 g/mol. The summed E-state index contributed by atoms with van der Waals surface area (Å²) in [5.74, 6) is 0. The highest BCUT2D eigenvalue weighted by Gasteiger charge is 2.13. The molecule has 2 aromatic heterocycles. The SMILES string of the molecule is Cn1nc(-c2cccnc2)c(Br)c1CN. The lowest BCUT2D eigenvalue weighted by molar-refractivity contribution is 0.713. The van der Waals surface area contributed by atoms with Crippen LogP contribution < -0.4 is 5.73 Å².